The zero-order valence-electron chi connectivity index (χ0n) is 15.8. The Morgan fingerprint density at radius 1 is 0.929 bits per heavy atom. The summed E-state index contributed by atoms with van der Waals surface area (Å²) in [5.41, 5.74) is 8.90. The van der Waals surface area contributed by atoms with E-state index in [1.807, 2.05) is 44.2 Å². The predicted octanol–water partition coefficient (Wildman–Crippen LogP) is 1.90. The Morgan fingerprint density at radius 2 is 1.61 bits per heavy atom. The molecule has 3 rings (SSSR count). The number of fused-ring (bicyclic) bond motifs is 1. The third-order valence-electron chi connectivity index (χ3n) is 4.26. The maximum atomic E-state index is 12.1. The SMILES string of the molecule is Cc1cc(C)cc(C(=O)NCC(=O)NNC(=O)Cc2c[nH]c3ccccc23)c1. The summed E-state index contributed by atoms with van der Waals surface area (Å²) in [6, 6.07) is 13.1. The summed E-state index contributed by atoms with van der Waals surface area (Å²) in [5, 5.41) is 3.50. The van der Waals surface area contributed by atoms with Crippen molar-refractivity contribution >= 4 is 28.6 Å². The highest BCUT2D eigenvalue weighted by Gasteiger charge is 2.11. The van der Waals surface area contributed by atoms with Gasteiger partial charge in [0.2, 0.25) is 5.91 Å². The number of carbonyl (C=O) groups excluding carboxylic acids is 3. The maximum Gasteiger partial charge on any atom is 0.257 e. The Kier molecular flexibility index (Phi) is 5.74. The number of rotatable bonds is 5. The van der Waals surface area contributed by atoms with Gasteiger partial charge in [-0.05, 0) is 37.6 Å². The van der Waals surface area contributed by atoms with Crippen LogP contribution in [0.25, 0.3) is 10.9 Å². The highest BCUT2D eigenvalue weighted by atomic mass is 16.2. The zero-order valence-corrected chi connectivity index (χ0v) is 15.8. The van der Waals surface area contributed by atoms with Gasteiger partial charge in [0.1, 0.15) is 0 Å². The van der Waals surface area contributed by atoms with Crippen molar-refractivity contribution in [3.05, 3.63) is 70.9 Å². The number of benzene rings is 2. The number of hydrogen-bond donors (Lipinski definition) is 4. The van der Waals surface area contributed by atoms with Crippen LogP contribution in [-0.2, 0) is 16.0 Å². The number of aryl methyl sites for hydroxylation is 2. The molecule has 0 radical (unpaired) electrons. The smallest absolute Gasteiger partial charge is 0.257 e. The lowest BCUT2D eigenvalue weighted by Crippen LogP contribution is -2.46. The fraction of sp³-hybridized carbons (Fsp3) is 0.190. The molecule has 0 aliphatic heterocycles. The first-order valence-corrected chi connectivity index (χ1v) is 8.91. The van der Waals surface area contributed by atoms with Gasteiger partial charge in [-0.3, -0.25) is 25.2 Å². The molecule has 7 heteroatoms. The van der Waals surface area contributed by atoms with Crippen molar-refractivity contribution in [3.8, 4) is 0 Å². The van der Waals surface area contributed by atoms with E-state index >= 15 is 0 Å². The second kappa shape index (κ2) is 8.39. The molecule has 1 heterocycles. The molecule has 0 aliphatic rings. The van der Waals surface area contributed by atoms with Crippen molar-refractivity contribution < 1.29 is 14.4 Å². The molecule has 144 valence electrons. The van der Waals surface area contributed by atoms with Gasteiger partial charge in [0.25, 0.3) is 11.8 Å². The van der Waals surface area contributed by atoms with Crippen LogP contribution in [0.1, 0.15) is 27.0 Å². The molecule has 0 fully saturated rings. The second-order valence-corrected chi connectivity index (χ2v) is 6.69. The number of aromatic amines is 1. The lowest BCUT2D eigenvalue weighted by molar-refractivity contribution is -0.128. The zero-order chi connectivity index (χ0) is 20.1. The van der Waals surface area contributed by atoms with Crippen molar-refractivity contribution in [2.45, 2.75) is 20.3 Å². The van der Waals surface area contributed by atoms with E-state index < -0.39 is 5.91 Å². The number of carbonyl (C=O) groups is 3. The second-order valence-electron chi connectivity index (χ2n) is 6.69. The van der Waals surface area contributed by atoms with Crippen LogP contribution < -0.4 is 16.2 Å². The van der Waals surface area contributed by atoms with Gasteiger partial charge in [0, 0.05) is 22.7 Å². The van der Waals surface area contributed by atoms with Crippen molar-refractivity contribution in [1.29, 1.82) is 0 Å². The van der Waals surface area contributed by atoms with E-state index in [4.69, 9.17) is 0 Å². The quantitative estimate of drug-likeness (QED) is 0.510. The van der Waals surface area contributed by atoms with Crippen molar-refractivity contribution in [2.24, 2.45) is 0 Å². The van der Waals surface area contributed by atoms with Crippen LogP contribution in [0.15, 0.2) is 48.7 Å². The monoisotopic (exact) mass is 378 g/mol. The van der Waals surface area contributed by atoms with Crippen LogP contribution in [0.5, 0.6) is 0 Å². The van der Waals surface area contributed by atoms with E-state index in [9.17, 15) is 14.4 Å². The van der Waals surface area contributed by atoms with Gasteiger partial charge < -0.3 is 10.3 Å². The summed E-state index contributed by atoms with van der Waals surface area (Å²) < 4.78 is 0. The molecule has 1 aromatic heterocycles. The fourth-order valence-corrected chi connectivity index (χ4v) is 3.05. The summed E-state index contributed by atoms with van der Waals surface area (Å²) in [6.07, 6.45) is 1.90. The Labute approximate surface area is 162 Å². The van der Waals surface area contributed by atoms with Crippen LogP contribution in [0.3, 0.4) is 0 Å². The number of hydrogen-bond acceptors (Lipinski definition) is 3. The van der Waals surface area contributed by atoms with Crippen molar-refractivity contribution in [3.63, 3.8) is 0 Å². The van der Waals surface area contributed by atoms with Gasteiger partial charge in [-0.1, -0.05) is 35.4 Å². The molecule has 3 aromatic rings. The third kappa shape index (κ3) is 4.76. The van der Waals surface area contributed by atoms with Crippen LogP contribution in [0.2, 0.25) is 0 Å². The summed E-state index contributed by atoms with van der Waals surface area (Å²) in [5.74, 6) is -1.20. The molecule has 4 N–H and O–H groups in total. The average molecular weight is 378 g/mol. The number of hydrazine groups is 1. The topological polar surface area (TPSA) is 103 Å². The molecule has 3 amide bonds. The van der Waals surface area contributed by atoms with E-state index in [1.165, 1.54) is 0 Å². The van der Waals surface area contributed by atoms with Crippen molar-refractivity contribution in [2.75, 3.05) is 6.54 Å². The standard InChI is InChI=1S/C21H22N4O3/c1-13-7-14(2)9-15(8-13)21(28)23-12-20(27)25-24-19(26)10-16-11-22-18-6-4-3-5-17(16)18/h3-9,11,22H,10,12H2,1-2H3,(H,23,28)(H,24,26)(H,25,27). The molecule has 2 aromatic carbocycles. The Morgan fingerprint density at radius 3 is 2.36 bits per heavy atom. The Bertz CT molecular complexity index is 1020. The minimum absolute atomic E-state index is 0.124. The fourth-order valence-electron chi connectivity index (χ4n) is 3.05. The van der Waals surface area contributed by atoms with Gasteiger partial charge in [-0.25, -0.2) is 0 Å². The van der Waals surface area contributed by atoms with Gasteiger partial charge in [-0.2, -0.15) is 0 Å². The Hall–Kier alpha value is -3.61. The van der Waals surface area contributed by atoms with Gasteiger partial charge >= 0.3 is 0 Å². The molecule has 0 bridgehead atoms. The minimum Gasteiger partial charge on any atom is -0.361 e. The van der Waals surface area contributed by atoms with E-state index in [-0.39, 0.29) is 24.8 Å². The molecule has 0 unspecified atom stereocenters. The molecule has 7 nitrogen and oxygen atoms in total. The lowest BCUT2D eigenvalue weighted by Gasteiger charge is -2.09. The van der Waals surface area contributed by atoms with Gasteiger partial charge in [-0.15, -0.1) is 0 Å². The number of amides is 3. The summed E-state index contributed by atoms with van der Waals surface area (Å²) in [7, 11) is 0. The van der Waals surface area contributed by atoms with E-state index in [0.29, 0.717) is 5.56 Å². The molecule has 0 saturated carbocycles. The number of para-hydroxylation sites is 1. The van der Waals surface area contributed by atoms with E-state index in [0.717, 1.165) is 27.6 Å². The first-order valence-electron chi connectivity index (χ1n) is 8.91. The van der Waals surface area contributed by atoms with Crippen LogP contribution in [-0.4, -0.2) is 29.3 Å². The lowest BCUT2D eigenvalue weighted by atomic mass is 10.1. The van der Waals surface area contributed by atoms with Gasteiger partial charge in [0.05, 0.1) is 13.0 Å². The summed E-state index contributed by atoms with van der Waals surface area (Å²) >= 11 is 0. The van der Waals surface area contributed by atoms with Crippen LogP contribution in [0.4, 0.5) is 0 Å². The summed E-state index contributed by atoms with van der Waals surface area (Å²) in [6.45, 7) is 3.57. The Balaban J connectivity index is 1.46. The molecular weight excluding hydrogens is 356 g/mol. The largest absolute Gasteiger partial charge is 0.361 e. The number of aromatic nitrogens is 1. The molecule has 0 aliphatic carbocycles. The highest BCUT2D eigenvalue weighted by molar-refractivity contribution is 5.97. The third-order valence-corrected chi connectivity index (χ3v) is 4.26. The number of H-pyrrole nitrogens is 1. The molecule has 28 heavy (non-hydrogen) atoms. The van der Waals surface area contributed by atoms with E-state index in [2.05, 4.69) is 21.2 Å². The van der Waals surface area contributed by atoms with Crippen LogP contribution >= 0.6 is 0 Å². The number of nitrogens with one attached hydrogen (secondary N) is 4. The average Bonchev–Trinajstić information content (AvgIpc) is 3.06. The molecular formula is C21H22N4O3. The summed E-state index contributed by atoms with van der Waals surface area (Å²) in [4.78, 5) is 39.2. The maximum absolute atomic E-state index is 12.1. The first-order chi connectivity index (χ1) is 13.4. The van der Waals surface area contributed by atoms with E-state index in [1.54, 1.807) is 18.3 Å². The van der Waals surface area contributed by atoms with Crippen LogP contribution in [0, 0.1) is 13.8 Å². The highest BCUT2D eigenvalue weighted by Crippen LogP contribution is 2.17. The predicted molar refractivity (Wildman–Crippen MR) is 107 cm³/mol. The molecule has 0 atom stereocenters. The van der Waals surface area contributed by atoms with Gasteiger partial charge in [0.15, 0.2) is 0 Å². The molecule has 0 spiro atoms. The first kappa shape index (κ1) is 19.2. The van der Waals surface area contributed by atoms with Crippen molar-refractivity contribution in [1.82, 2.24) is 21.2 Å². The normalized spacial score (nSPS) is 10.5. The minimum atomic E-state index is -0.509. The molecule has 0 saturated heterocycles.